The van der Waals surface area contributed by atoms with E-state index in [0.717, 1.165) is 12.8 Å². The highest BCUT2D eigenvalue weighted by atomic mass is 16.6. The molecular formula is C14H20N4O3. The summed E-state index contributed by atoms with van der Waals surface area (Å²) in [6.07, 6.45) is 1.99. The molecule has 0 radical (unpaired) electrons. The van der Waals surface area contributed by atoms with Crippen molar-refractivity contribution in [2.45, 2.75) is 25.3 Å². The fourth-order valence-electron chi connectivity index (χ4n) is 2.39. The first-order chi connectivity index (χ1) is 10.1. The van der Waals surface area contributed by atoms with Gasteiger partial charge in [0, 0.05) is 38.2 Å². The Morgan fingerprint density at radius 1 is 1.38 bits per heavy atom. The van der Waals surface area contributed by atoms with Crippen LogP contribution in [-0.4, -0.2) is 41.4 Å². The predicted molar refractivity (Wildman–Crippen MR) is 80.0 cm³/mol. The van der Waals surface area contributed by atoms with E-state index in [1.807, 2.05) is 4.90 Å². The second-order valence-electron chi connectivity index (χ2n) is 5.17. The van der Waals surface area contributed by atoms with Gasteiger partial charge in [-0.3, -0.25) is 14.9 Å². The van der Waals surface area contributed by atoms with Crippen LogP contribution in [0.1, 0.15) is 19.3 Å². The first-order valence-corrected chi connectivity index (χ1v) is 7.08. The first-order valence-electron chi connectivity index (χ1n) is 7.08. The van der Waals surface area contributed by atoms with Crippen molar-refractivity contribution in [1.82, 2.24) is 4.90 Å². The molecule has 3 N–H and O–H groups in total. The van der Waals surface area contributed by atoms with Gasteiger partial charge in [0.05, 0.1) is 4.92 Å². The highest BCUT2D eigenvalue weighted by molar-refractivity contribution is 5.77. The van der Waals surface area contributed by atoms with Gasteiger partial charge in [0.2, 0.25) is 5.91 Å². The van der Waals surface area contributed by atoms with Gasteiger partial charge in [-0.05, 0) is 18.9 Å². The molecule has 114 valence electrons. The maximum atomic E-state index is 12.0. The van der Waals surface area contributed by atoms with Crippen LogP contribution in [0.15, 0.2) is 24.3 Å². The van der Waals surface area contributed by atoms with Gasteiger partial charge in [-0.1, -0.05) is 12.1 Å². The van der Waals surface area contributed by atoms with E-state index in [4.69, 9.17) is 5.73 Å². The molecule has 0 aromatic heterocycles. The summed E-state index contributed by atoms with van der Waals surface area (Å²) in [5.74, 6) is 0.0629. The number of hydrogen-bond donors (Lipinski definition) is 2. The third-order valence-electron chi connectivity index (χ3n) is 3.65. The van der Waals surface area contributed by atoms with Gasteiger partial charge >= 0.3 is 0 Å². The maximum Gasteiger partial charge on any atom is 0.292 e. The summed E-state index contributed by atoms with van der Waals surface area (Å²) in [7, 11) is 0. The largest absolute Gasteiger partial charge is 0.379 e. The molecular weight excluding hydrogens is 272 g/mol. The van der Waals surface area contributed by atoms with E-state index in [9.17, 15) is 14.9 Å². The quantitative estimate of drug-likeness (QED) is 0.630. The molecule has 2 rings (SSSR count). The lowest BCUT2D eigenvalue weighted by Gasteiger charge is -2.30. The third kappa shape index (κ3) is 4.16. The zero-order chi connectivity index (χ0) is 15.2. The highest BCUT2D eigenvalue weighted by Crippen LogP contribution is 2.23. The topological polar surface area (TPSA) is 102 Å². The molecule has 7 nitrogen and oxygen atoms in total. The van der Waals surface area contributed by atoms with E-state index in [-0.39, 0.29) is 17.6 Å². The van der Waals surface area contributed by atoms with Gasteiger partial charge in [0.1, 0.15) is 5.69 Å². The number of anilines is 1. The molecule has 1 aromatic carbocycles. The number of carbonyl (C=O) groups is 1. The van der Waals surface area contributed by atoms with Crippen molar-refractivity contribution in [3.63, 3.8) is 0 Å². The van der Waals surface area contributed by atoms with Crippen molar-refractivity contribution in [3.05, 3.63) is 34.4 Å². The van der Waals surface area contributed by atoms with Crippen LogP contribution in [0.3, 0.4) is 0 Å². The molecule has 21 heavy (non-hydrogen) atoms. The van der Waals surface area contributed by atoms with E-state index in [2.05, 4.69) is 5.32 Å². The van der Waals surface area contributed by atoms with Gasteiger partial charge < -0.3 is 16.0 Å². The van der Waals surface area contributed by atoms with Crippen molar-refractivity contribution in [1.29, 1.82) is 0 Å². The molecule has 1 aliphatic rings. The average Bonchev–Trinajstić information content (AvgIpc) is 2.48. The second kappa shape index (κ2) is 7.03. The molecule has 0 atom stereocenters. The Morgan fingerprint density at radius 3 is 2.71 bits per heavy atom. The number of likely N-dealkylation sites (tertiary alicyclic amines) is 1. The number of nitro groups is 1. The van der Waals surface area contributed by atoms with Gasteiger partial charge in [0.15, 0.2) is 0 Å². The van der Waals surface area contributed by atoms with Crippen LogP contribution >= 0.6 is 0 Å². The maximum absolute atomic E-state index is 12.0. The van der Waals surface area contributed by atoms with Crippen LogP contribution in [-0.2, 0) is 4.79 Å². The minimum absolute atomic E-state index is 0.0221. The lowest BCUT2D eigenvalue weighted by atomic mass is 10.1. The molecule has 1 aliphatic heterocycles. The standard InChI is InChI=1S/C14H20N4O3/c15-11-6-9-17(10-7-11)14(19)5-8-16-12-3-1-2-4-13(12)18(20)21/h1-4,11,16H,5-10,15H2. The summed E-state index contributed by atoms with van der Waals surface area (Å²) < 4.78 is 0. The highest BCUT2D eigenvalue weighted by Gasteiger charge is 2.20. The molecule has 1 heterocycles. The van der Waals surface area contributed by atoms with Gasteiger partial charge in [-0.25, -0.2) is 0 Å². The predicted octanol–water partition coefficient (Wildman–Crippen LogP) is 1.35. The molecule has 0 spiro atoms. The monoisotopic (exact) mass is 292 g/mol. The fourth-order valence-corrected chi connectivity index (χ4v) is 2.39. The molecule has 1 fully saturated rings. The Labute approximate surface area is 123 Å². The normalized spacial score (nSPS) is 15.8. The number of para-hydroxylation sites is 2. The molecule has 0 unspecified atom stereocenters. The summed E-state index contributed by atoms with van der Waals surface area (Å²) in [4.78, 5) is 24.3. The second-order valence-corrected chi connectivity index (χ2v) is 5.17. The molecule has 1 aromatic rings. The fraction of sp³-hybridized carbons (Fsp3) is 0.500. The van der Waals surface area contributed by atoms with Crippen molar-refractivity contribution in [2.75, 3.05) is 25.0 Å². The Hall–Kier alpha value is -2.15. The summed E-state index contributed by atoms with van der Waals surface area (Å²) in [5, 5.41) is 13.8. The van der Waals surface area contributed by atoms with Crippen LogP contribution in [0.4, 0.5) is 11.4 Å². The number of carbonyl (C=O) groups excluding carboxylic acids is 1. The molecule has 0 saturated carbocycles. The zero-order valence-corrected chi connectivity index (χ0v) is 11.8. The van der Waals surface area contributed by atoms with Crippen LogP contribution in [0, 0.1) is 10.1 Å². The lowest BCUT2D eigenvalue weighted by molar-refractivity contribution is -0.384. The number of amides is 1. The first kappa shape index (κ1) is 15.2. The molecule has 1 amide bonds. The Balaban J connectivity index is 1.82. The van der Waals surface area contributed by atoms with E-state index in [1.54, 1.807) is 18.2 Å². The van der Waals surface area contributed by atoms with Crippen molar-refractivity contribution < 1.29 is 9.72 Å². The van der Waals surface area contributed by atoms with E-state index < -0.39 is 4.92 Å². The minimum atomic E-state index is -0.434. The number of rotatable bonds is 5. The third-order valence-corrected chi connectivity index (χ3v) is 3.65. The van der Waals surface area contributed by atoms with Gasteiger partial charge in [-0.15, -0.1) is 0 Å². The van der Waals surface area contributed by atoms with E-state index >= 15 is 0 Å². The summed E-state index contributed by atoms with van der Waals surface area (Å²) >= 11 is 0. The van der Waals surface area contributed by atoms with Crippen LogP contribution < -0.4 is 11.1 Å². The van der Waals surface area contributed by atoms with Crippen LogP contribution in [0.25, 0.3) is 0 Å². The van der Waals surface area contributed by atoms with Gasteiger partial charge in [0.25, 0.3) is 5.69 Å². The number of nitrogens with zero attached hydrogens (tertiary/aromatic N) is 2. The Morgan fingerprint density at radius 2 is 2.05 bits per heavy atom. The smallest absolute Gasteiger partial charge is 0.292 e. The van der Waals surface area contributed by atoms with Gasteiger partial charge in [-0.2, -0.15) is 0 Å². The number of piperidine rings is 1. The van der Waals surface area contributed by atoms with Crippen molar-refractivity contribution in [3.8, 4) is 0 Å². The molecule has 0 bridgehead atoms. The number of hydrogen-bond acceptors (Lipinski definition) is 5. The molecule has 7 heteroatoms. The lowest BCUT2D eigenvalue weighted by Crippen LogP contribution is -2.43. The summed E-state index contributed by atoms with van der Waals surface area (Å²) in [6, 6.07) is 6.62. The minimum Gasteiger partial charge on any atom is -0.379 e. The number of nitro benzene ring substituents is 1. The Kier molecular flexibility index (Phi) is 5.10. The number of nitrogens with one attached hydrogen (secondary N) is 1. The van der Waals surface area contributed by atoms with Crippen LogP contribution in [0.5, 0.6) is 0 Å². The average molecular weight is 292 g/mol. The summed E-state index contributed by atoms with van der Waals surface area (Å²) in [6.45, 7) is 1.78. The molecule has 0 aliphatic carbocycles. The SMILES string of the molecule is NC1CCN(C(=O)CCNc2ccccc2[N+](=O)[O-])CC1. The van der Waals surface area contributed by atoms with E-state index in [1.165, 1.54) is 6.07 Å². The molecule has 1 saturated heterocycles. The zero-order valence-electron chi connectivity index (χ0n) is 11.8. The number of nitrogens with two attached hydrogens (primary N) is 1. The summed E-state index contributed by atoms with van der Waals surface area (Å²) in [5.41, 5.74) is 6.27. The van der Waals surface area contributed by atoms with Crippen LogP contribution in [0.2, 0.25) is 0 Å². The van der Waals surface area contributed by atoms with Crippen molar-refractivity contribution >= 4 is 17.3 Å². The number of benzene rings is 1. The Bertz CT molecular complexity index is 513. The van der Waals surface area contributed by atoms with E-state index in [0.29, 0.717) is 31.7 Å². The van der Waals surface area contributed by atoms with Crippen molar-refractivity contribution in [2.24, 2.45) is 5.73 Å².